The van der Waals surface area contributed by atoms with Crippen LogP contribution in [-0.2, 0) is 6.54 Å². The van der Waals surface area contributed by atoms with E-state index in [0.29, 0.717) is 6.54 Å². The van der Waals surface area contributed by atoms with Gasteiger partial charge in [0, 0.05) is 18.8 Å². The molecule has 0 fully saturated rings. The molecule has 2 rings (SSSR count). The lowest BCUT2D eigenvalue weighted by Gasteiger charge is -2.30. The fourth-order valence-corrected chi connectivity index (χ4v) is 2.03. The Morgan fingerprint density at radius 1 is 1.15 bits per heavy atom. The van der Waals surface area contributed by atoms with Gasteiger partial charge in [-0.1, -0.05) is 18.2 Å². The van der Waals surface area contributed by atoms with Gasteiger partial charge in [0.05, 0.1) is 12.7 Å². The maximum Gasteiger partial charge on any atom is 0.414 e. The molecule has 0 bridgehead atoms. The first-order valence-corrected chi connectivity index (χ1v) is 6.22. The molecule has 0 aliphatic carbocycles. The van der Waals surface area contributed by atoms with Gasteiger partial charge >= 0.3 is 6.18 Å². The van der Waals surface area contributed by atoms with Crippen LogP contribution in [0.5, 0.6) is 5.75 Å². The van der Waals surface area contributed by atoms with E-state index in [1.807, 2.05) is 19.1 Å². The number of hydrogen-bond acceptors (Lipinski definition) is 2. The summed E-state index contributed by atoms with van der Waals surface area (Å²) < 4.78 is 43.3. The zero-order valence-corrected chi connectivity index (χ0v) is 11.4. The van der Waals surface area contributed by atoms with Crippen molar-refractivity contribution < 1.29 is 17.9 Å². The molecular weight excluding hydrogens is 267 g/mol. The summed E-state index contributed by atoms with van der Waals surface area (Å²) in [5.74, 6) is 0.732. The number of allylic oxidation sites excluding steroid dienone is 3. The number of benzene rings is 1. The molecule has 5 heteroatoms. The van der Waals surface area contributed by atoms with Crippen molar-refractivity contribution in [3.05, 3.63) is 53.3 Å². The van der Waals surface area contributed by atoms with Crippen molar-refractivity contribution in [2.75, 3.05) is 13.7 Å². The first-order valence-electron chi connectivity index (χ1n) is 6.22. The zero-order valence-electron chi connectivity index (χ0n) is 11.4. The molecule has 0 radical (unpaired) electrons. The van der Waals surface area contributed by atoms with E-state index in [-0.39, 0.29) is 6.54 Å². The normalized spacial score (nSPS) is 15.8. The molecule has 0 saturated heterocycles. The maximum atomic E-state index is 12.7. The van der Waals surface area contributed by atoms with Crippen LogP contribution in [0.1, 0.15) is 12.5 Å². The van der Waals surface area contributed by atoms with Crippen LogP contribution in [-0.4, -0.2) is 24.7 Å². The van der Waals surface area contributed by atoms with Gasteiger partial charge in [0.25, 0.3) is 0 Å². The molecule has 0 unspecified atom stereocenters. The fourth-order valence-electron chi connectivity index (χ4n) is 2.03. The summed E-state index contributed by atoms with van der Waals surface area (Å²) in [6, 6.07) is 7.33. The highest BCUT2D eigenvalue weighted by Crippen LogP contribution is 2.30. The minimum atomic E-state index is -4.27. The molecule has 0 atom stereocenters. The second-order valence-corrected chi connectivity index (χ2v) is 4.70. The summed E-state index contributed by atoms with van der Waals surface area (Å²) in [5, 5.41) is 0. The lowest BCUT2D eigenvalue weighted by molar-refractivity contribution is -0.0956. The Hall–Kier alpha value is -1.91. The quantitative estimate of drug-likeness (QED) is 0.834. The fraction of sp³-hybridized carbons (Fsp3) is 0.333. The molecule has 0 aromatic heterocycles. The Morgan fingerprint density at radius 3 is 2.35 bits per heavy atom. The van der Waals surface area contributed by atoms with Gasteiger partial charge in [-0.3, -0.25) is 0 Å². The van der Waals surface area contributed by atoms with E-state index >= 15 is 0 Å². The molecule has 0 amide bonds. The molecule has 2 nitrogen and oxygen atoms in total. The lowest BCUT2D eigenvalue weighted by Crippen LogP contribution is -2.31. The summed E-state index contributed by atoms with van der Waals surface area (Å²) in [5.41, 5.74) is 1.26. The van der Waals surface area contributed by atoms with Crippen LogP contribution in [0.25, 0.3) is 0 Å². The SMILES string of the molecule is COc1ccc(CN2CC(C(F)(F)F)=CC=C2C)cc1. The Labute approximate surface area is 116 Å². The number of alkyl halides is 3. The standard InChI is InChI=1S/C15H16F3NO/c1-11-3-6-13(15(16,17)18)10-19(11)9-12-4-7-14(20-2)8-5-12/h3-8H,9-10H2,1-2H3. The molecule has 1 aliphatic rings. The predicted octanol–water partition coefficient (Wildman–Crippen LogP) is 3.90. The van der Waals surface area contributed by atoms with Crippen molar-refractivity contribution in [2.45, 2.75) is 19.6 Å². The number of methoxy groups -OCH3 is 1. The van der Waals surface area contributed by atoms with Gasteiger partial charge in [-0.05, 0) is 30.7 Å². The monoisotopic (exact) mass is 283 g/mol. The van der Waals surface area contributed by atoms with Crippen LogP contribution in [0, 0.1) is 0 Å². The second kappa shape index (κ2) is 5.61. The first-order chi connectivity index (χ1) is 9.40. The van der Waals surface area contributed by atoms with Gasteiger partial charge in [0.15, 0.2) is 0 Å². The molecular formula is C15H16F3NO. The minimum Gasteiger partial charge on any atom is -0.497 e. The summed E-state index contributed by atoms with van der Waals surface area (Å²) in [6.07, 6.45) is -1.61. The number of rotatable bonds is 3. The van der Waals surface area contributed by atoms with E-state index < -0.39 is 11.7 Å². The van der Waals surface area contributed by atoms with E-state index in [0.717, 1.165) is 23.1 Å². The largest absolute Gasteiger partial charge is 0.497 e. The van der Waals surface area contributed by atoms with E-state index in [1.165, 1.54) is 6.08 Å². The Balaban J connectivity index is 2.10. The molecule has 1 heterocycles. The average Bonchev–Trinajstić information content (AvgIpc) is 2.41. The predicted molar refractivity (Wildman–Crippen MR) is 71.3 cm³/mol. The third kappa shape index (κ3) is 3.35. The van der Waals surface area contributed by atoms with Crippen LogP contribution in [0.3, 0.4) is 0 Å². The first kappa shape index (κ1) is 14.5. The number of ether oxygens (including phenoxy) is 1. The van der Waals surface area contributed by atoms with Crippen LogP contribution < -0.4 is 4.74 Å². The lowest BCUT2D eigenvalue weighted by atomic mass is 10.1. The highest BCUT2D eigenvalue weighted by molar-refractivity contribution is 5.30. The summed E-state index contributed by atoms with van der Waals surface area (Å²) >= 11 is 0. The van der Waals surface area contributed by atoms with Gasteiger partial charge in [-0.25, -0.2) is 0 Å². The van der Waals surface area contributed by atoms with E-state index in [1.54, 1.807) is 24.1 Å². The molecule has 1 aliphatic heterocycles. The van der Waals surface area contributed by atoms with Gasteiger partial charge in [-0.15, -0.1) is 0 Å². The highest BCUT2D eigenvalue weighted by Gasteiger charge is 2.35. The molecule has 1 aromatic carbocycles. The number of hydrogen-bond donors (Lipinski definition) is 0. The Morgan fingerprint density at radius 2 is 1.80 bits per heavy atom. The third-order valence-corrected chi connectivity index (χ3v) is 3.28. The van der Waals surface area contributed by atoms with E-state index in [9.17, 15) is 13.2 Å². The molecule has 0 saturated carbocycles. The van der Waals surface area contributed by atoms with E-state index in [2.05, 4.69) is 0 Å². The van der Waals surface area contributed by atoms with Crippen molar-refractivity contribution in [3.63, 3.8) is 0 Å². The third-order valence-electron chi connectivity index (χ3n) is 3.28. The van der Waals surface area contributed by atoms with Gasteiger partial charge in [0.2, 0.25) is 0 Å². The molecule has 108 valence electrons. The summed E-state index contributed by atoms with van der Waals surface area (Å²) in [6.45, 7) is 2.14. The van der Waals surface area contributed by atoms with Crippen molar-refractivity contribution in [1.29, 1.82) is 0 Å². The van der Waals surface area contributed by atoms with Gasteiger partial charge < -0.3 is 9.64 Å². The van der Waals surface area contributed by atoms with Crippen molar-refractivity contribution in [1.82, 2.24) is 4.90 Å². The average molecular weight is 283 g/mol. The minimum absolute atomic E-state index is 0.113. The van der Waals surface area contributed by atoms with Gasteiger partial charge in [-0.2, -0.15) is 13.2 Å². The topological polar surface area (TPSA) is 12.5 Å². The zero-order chi connectivity index (χ0) is 14.8. The number of halogens is 3. The highest BCUT2D eigenvalue weighted by atomic mass is 19.4. The molecule has 0 spiro atoms. The van der Waals surface area contributed by atoms with Crippen LogP contribution in [0.4, 0.5) is 13.2 Å². The number of nitrogens with zero attached hydrogens (tertiary/aromatic N) is 1. The Kier molecular flexibility index (Phi) is 4.06. The van der Waals surface area contributed by atoms with Crippen molar-refractivity contribution in [3.8, 4) is 5.75 Å². The van der Waals surface area contributed by atoms with Crippen LogP contribution in [0.2, 0.25) is 0 Å². The van der Waals surface area contributed by atoms with Crippen LogP contribution >= 0.6 is 0 Å². The van der Waals surface area contributed by atoms with Gasteiger partial charge in [0.1, 0.15) is 5.75 Å². The molecule has 1 aromatic rings. The van der Waals surface area contributed by atoms with E-state index in [4.69, 9.17) is 4.74 Å². The summed E-state index contributed by atoms with van der Waals surface area (Å²) in [7, 11) is 1.58. The Bertz CT molecular complexity index is 529. The second-order valence-electron chi connectivity index (χ2n) is 4.70. The summed E-state index contributed by atoms with van der Waals surface area (Å²) in [4.78, 5) is 1.71. The van der Waals surface area contributed by atoms with Crippen molar-refractivity contribution >= 4 is 0 Å². The maximum absolute atomic E-state index is 12.7. The molecule has 20 heavy (non-hydrogen) atoms. The van der Waals surface area contributed by atoms with Crippen LogP contribution in [0.15, 0.2) is 47.7 Å². The molecule has 0 N–H and O–H groups in total. The smallest absolute Gasteiger partial charge is 0.414 e. The van der Waals surface area contributed by atoms with Crippen molar-refractivity contribution in [2.24, 2.45) is 0 Å².